The highest BCUT2D eigenvalue weighted by atomic mass is 19.1. The van der Waals surface area contributed by atoms with Crippen LogP contribution in [0, 0.1) is 5.82 Å². The van der Waals surface area contributed by atoms with Gasteiger partial charge in [0, 0.05) is 6.92 Å². The summed E-state index contributed by atoms with van der Waals surface area (Å²) in [5.74, 6) is -1.70. The molecule has 2 atom stereocenters. The van der Waals surface area contributed by atoms with Gasteiger partial charge < -0.3 is 15.2 Å². The highest BCUT2D eigenvalue weighted by Crippen LogP contribution is 2.20. The number of nitrogen functional groups attached to an aromatic ring is 1. The Bertz CT molecular complexity index is 584. The summed E-state index contributed by atoms with van der Waals surface area (Å²) in [4.78, 5) is 25.5. The van der Waals surface area contributed by atoms with E-state index in [2.05, 4.69) is 4.98 Å². The summed E-state index contributed by atoms with van der Waals surface area (Å²) in [6, 6.07) is 0. The van der Waals surface area contributed by atoms with E-state index in [1.165, 1.54) is 6.92 Å². The Morgan fingerprint density at radius 2 is 2.37 bits per heavy atom. The molecular formula is C11H12FN3O4. The largest absolute Gasteiger partial charge is 0.463 e. The van der Waals surface area contributed by atoms with E-state index in [1.54, 1.807) is 12.2 Å². The van der Waals surface area contributed by atoms with E-state index in [0.29, 0.717) is 0 Å². The molecule has 0 saturated heterocycles. The second-order valence-corrected chi connectivity index (χ2v) is 3.92. The Kier molecular flexibility index (Phi) is 3.61. The quantitative estimate of drug-likeness (QED) is 0.612. The molecule has 0 fully saturated rings. The molecule has 2 N–H and O–H groups in total. The first-order valence-corrected chi connectivity index (χ1v) is 5.48. The third-order valence-electron chi connectivity index (χ3n) is 2.46. The van der Waals surface area contributed by atoms with Gasteiger partial charge in [0.25, 0.3) is 0 Å². The molecule has 0 bridgehead atoms. The van der Waals surface area contributed by atoms with Crippen LogP contribution in [0.25, 0.3) is 0 Å². The number of carbonyl (C=O) groups excluding carboxylic acids is 1. The lowest BCUT2D eigenvalue weighted by molar-refractivity contribution is -0.145. The molecule has 2 rings (SSSR count). The number of esters is 1. The minimum Gasteiger partial charge on any atom is -0.463 e. The van der Waals surface area contributed by atoms with Crippen molar-refractivity contribution in [3.05, 3.63) is 34.7 Å². The number of hydrogen-bond acceptors (Lipinski definition) is 6. The topological polar surface area (TPSA) is 96.4 Å². The van der Waals surface area contributed by atoms with Crippen LogP contribution in [0.4, 0.5) is 10.2 Å². The molecule has 0 spiro atoms. The van der Waals surface area contributed by atoms with Gasteiger partial charge in [-0.2, -0.15) is 4.98 Å². The summed E-state index contributed by atoms with van der Waals surface area (Å²) in [6.45, 7) is 1.31. The molecular weight excluding hydrogens is 257 g/mol. The lowest BCUT2D eigenvalue weighted by Crippen LogP contribution is -2.29. The molecule has 1 aromatic heterocycles. The SMILES string of the molecule is CC(=O)OC[C@@H]1C=C[C@H](n2cc(F)c(N)nc2=O)O1. The maximum atomic E-state index is 13.3. The molecule has 1 aliphatic rings. The van der Waals surface area contributed by atoms with Crippen LogP contribution in [0.1, 0.15) is 13.2 Å². The first kappa shape index (κ1) is 13.2. The van der Waals surface area contributed by atoms with Gasteiger partial charge in [0.2, 0.25) is 0 Å². The van der Waals surface area contributed by atoms with Gasteiger partial charge >= 0.3 is 11.7 Å². The summed E-state index contributed by atoms with van der Waals surface area (Å²) < 4.78 is 24.4. The zero-order chi connectivity index (χ0) is 14.0. The molecule has 0 unspecified atom stereocenters. The first-order valence-electron chi connectivity index (χ1n) is 5.48. The summed E-state index contributed by atoms with van der Waals surface area (Å²) >= 11 is 0. The van der Waals surface area contributed by atoms with Gasteiger partial charge in [-0.25, -0.2) is 9.18 Å². The third kappa shape index (κ3) is 2.97. The Balaban J connectivity index is 2.10. The van der Waals surface area contributed by atoms with Crippen molar-refractivity contribution in [2.75, 3.05) is 12.3 Å². The molecule has 19 heavy (non-hydrogen) atoms. The number of nitrogens with zero attached hydrogens (tertiary/aromatic N) is 2. The van der Waals surface area contributed by atoms with Crippen LogP contribution in [0.2, 0.25) is 0 Å². The molecule has 7 nitrogen and oxygen atoms in total. The van der Waals surface area contributed by atoms with Crippen molar-refractivity contribution < 1.29 is 18.7 Å². The van der Waals surface area contributed by atoms with E-state index < -0.39 is 35.6 Å². The fraction of sp³-hybridized carbons (Fsp3) is 0.364. The van der Waals surface area contributed by atoms with Gasteiger partial charge in [-0.1, -0.05) is 6.08 Å². The highest BCUT2D eigenvalue weighted by Gasteiger charge is 2.23. The summed E-state index contributed by atoms with van der Waals surface area (Å²) in [5.41, 5.74) is 4.46. The predicted octanol–water partition coefficient (Wildman–Crippen LogP) is -0.0187. The highest BCUT2D eigenvalue weighted by molar-refractivity contribution is 5.65. The Hall–Kier alpha value is -2.22. The molecule has 1 aromatic rings. The summed E-state index contributed by atoms with van der Waals surface area (Å²) in [6.07, 6.45) is 2.81. The van der Waals surface area contributed by atoms with Crippen molar-refractivity contribution in [1.82, 2.24) is 9.55 Å². The van der Waals surface area contributed by atoms with Gasteiger partial charge in [0.15, 0.2) is 17.9 Å². The molecule has 1 aliphatic heterocycles. The molecule has 102 valence electrons. The number of ether oxygens (including phenoxy) is 2. The number of nitrogens with two attached hydrogens (primary N) is 1. The van der Waals surface area contributed by atoms with Crippen LogP contribution in [0.3, 0.4) is 0 Å². The minimum atomic E-state index is -0.806. The first-order chi connectivity index (χ1) is 8.97. The lowest BCUT2D eigenvalue weighted by atomic mass is 10.4. The lowest BCUT2D eigenvalue weighted by Gasteiger charge is -2.15. The maximum absolute atomic E-state index is 13.3. The predicted molar refractivity (Wildman–Crippen MR) is 62.6 cm³/mol. The maximum Gasteiger partial charge on any atom is 0.352 e. The molecule has 0 aromatic carbocycles. The minimum absolute atomic E-state index is 0.0297. The average molecular weight is 269 g/mol. The zero-order valence-corrected chi connectivity index (χ0v) is 10.1. The van der Waals surface area contributed by atoms with E-state index in [1.807, 2.05) is 0 Å². The van der Waals surface area contributed by atoms with Gasteiger partial charge in [-0.15, -0.1) is 0 Å². The molecule has 0 aliphatic carbocycles. The van der Waals surface area contributed by atoms with Crippen molar-refractivity contribution in [3.8, 4) is 0 Å². The number of rotatable bonds is 3. The summed E-state index contributed by atoms with van der Waals surface area (Å²) in [5, 5.41) is 0. The van der Waals surface area contributed by atoms with Crippen molar-refractivity contribution >= 4 is 11.8 Å². The summed E-state index contributed by atoms with van der Waals surface area (Å²) in [7, 11) is 0. The molecule has 0 radical (unpaired) electrons. The number of aromatic nitrogens is 2. The Labute approximate surface area is 107 Å². The normalized spacial score (nSPS) is 21.6. The van der Waals surface area contributed by atoms with Gasteiger partial charge in [-0.05, 0) is 6.08 Å². The number of halogens is 1. The fourth-order valence-electron chi connectivity index (χ4n) is 1.58. The second-order valence-electron chi connectivity index (χ2n) is 3.92. The smallest absolute Gasteiger partial charge is 0.352 e. The average Bonchev–Trinajstić information content (AvgIpc) is 2.80. The Morgan fingerprint density at radius 3 is 3.05 bits per heavy atom. The van der Waals surface area contributed by atoms with Crippen molar-refractivity contribution in [3.63, 3.8) is 0 Å². The van der Waals surface area contributed by atoms with Crippen LogP contribution >= 0.6 is 0 Å². The van der Waals surface area contributed by atoms with Gasteiger partial charge in [0.05, 0.1) is 6.20 Å². The van der Waals surface area contributed by atoms with Crippen LogP contribution in [0.15, 0.2) is 23.1 Å². The van der Waals surface area contributed by atoms with E-state index >= 15 is 0 Å². The van der Waals surface area contributed by atoms with Crippen LogP contribution in [-0.2, 0) is 14.3 Å². The van der Waals surface area contributed by atoms with Gasteiger partial charge in [-0.3, -0.25) is 9.36 Å². The van der Waals surface area contributed by atoms with Crippen LogP contribution in [-0.4, -0.2) is 28.2 Å². The Morgan fingerprint density at radius 1 is 1.63 bits per heavy atom. The molecule has 2 heterocycles. The van der Waals surface area contributed by atoms with Gasteiger partial charge in [0.1, 0.15) is 12.7 Å². The molecule has 0 amide bonds. The number of carbonyl (C=O) groups is 1. The van der Waals surface area contributed by atoms with Crippen molar-refractivity contribution in [2.24, 2.45) is 0 Å². The second kappa shape index (κ2) is 5.19. The standard InChI is InChI=1S/C11H12FN3O4/c1-6(16)18-5-7-2-3-9(19-7)15-4-8(12)10(13)14-11(15)17/h2-4,7,9H,5H2,1H3,(H2,13,14,17)/t7-,9+/m0/s1. The third-order valence-corrected chi connectivity index (χ3v) is 2.46. The monoisotopic (exact) mass is 269 g/mol. The molecule has 0 saturated carbocycles. The van der Waals surface area contributed by atoms with Crippen LogP contribution < -0.4 is 11.4 Å². The van der Waals surface area contributed by atoms with Crippen molar-refractivity contribution in [1.29, 1.82) is 0 Å². The molecule has 8 heteroatoms. The number of anilines is 1. The van der Waals surface area contributed by atoms with Crippen molar-refractivity contribution in [2.45, 2.75) is 19.3 Å². The van der Waals surface area contributed by atoms with Crippen LogP contribution in [0.5, 0.6) is 0 Å². The zero-order valence-electron chi connectivity index (χ0n) is 10.1. The van der Waals surface area contributed by atoms with E-state index in [9.17, 15) is 14.0 Å². The number of hydrogen-bond donors (Lipinski definition) is 1. The van der Waals surface area contributed by atoms with E-state index in [0.717, 1.165) is 10.8 Å². The van der Waals surface area contributed by atoms with E-state index in [4.69, 9.17) is 15.2 Å². The fourth-order valence-corrected chi connectivity index (χ4v) is 1.58. The van der Waals surface area contributed by atoms with E-state index in [-0.39, 0.29) is 6.61 Å².